The van der Waals surface area contributed by atoms with Gasteiger partial charge in [-0.05, 0) is 6.92 Å². The van der Waals surface area contributed by atoms with Gasteiger partial charge >= 0.3 is 0 Å². The van der Waals surface area contributed by atoms with Gasteiger partial charge in [-0.3, -0.25) is 0 Å². The second kappa shape index (κ2) is 2.67. The summed E-state index contributed by atoms with van der Waals surface area (Å²) in [6, 6.07) is 0. The number of aromatic nitrogens is 2. The lowest BCUT2D eigenvalue weighted by Crippen LogP contribution is -2.30. The summed E-state index contributed by atoms with van der Waals surface area (Å²) in [4.78, 5) is 3.77. The number of hydrogen-bond acceptors (Lipinski definition) is 2. The number of hydrogen-bond donors (Lipinski definition) is 1. The number of imidazole rings is 1. The van der Waals surface area contributed by atoms with Gasteiger partial charge < -0.3 is 10.3 Å². The third kappa shape index (κ3) is 1.09. The van der Waals surface area contributed by atoms with Crippen molar-refractivity contribution in [3.63, 3.8) is 0 Å². The van der Waals surface area contributed by atoms with Crippen LogP contribution in [0.2, 0.25) is 5.15 Å². The highest BCUT2D eigenvalue weighted by molar-refractivity contribution is 6.30. The van der Waals surface area contributed by atoms with Crippen LogP contribution in [0.3, 0.4) is 0 Å². The normalized spacial score (nSPS) is 29.2. The lowest BCUT2D eigenvalue weighted by Gasteiger charge is -2.13. The Hall–Kier alpha value is -0.680. The summed E-state index contributed by atoms with van der Waals surface area (Å²) in [5, 5.41) is 0.0755. The lowest BCUT2D eigenvalue weighted by molar-refractivity contribution is 0.0872. The summed E-state index contributed by atoms with van der Waals surface area (Å²) in [5.74, 6) is -2.86. The molecule has 1 aliphatic carbocycles. The van der Waals surface area contributed by atoms with Gasteiger partial charge in [0.25, 0.3) is 5.92 Å². The molecule has 0 radical (unpaired) electrons. The van der Waals surface area contributed by atoms with E-state index in [-0.39, 0.29) is 17.3 Å². The van der Waals surface area contributed by atoms with Gasteiger partial charge in [0.1, 0.15) is 5.54 Å². The first-order valence-corrected chi connectivity index (χ1v) is 4.68. The average Bonchev–Trinajstić information content (AvgIpc) is 2.43. The minimum atomic E-state index is -2.86. The Bertz CT molecular complexity index is 377. The first-order chi connectivity index (χ1) is 6.42. The molecule has 1 aromatic heterocycles. The Morgan fingerprint density at radius 1 is 1.71 bits per heavy atom. The van der Waals surface area contributed by atoms with E-state index in [0.717, 1.165) is 0 Å². The second-order valence-electron chi connectivity index (χ2n) is 3.52. The van der Waals surface area contributed by atoms with Gasteiger partial charge in [-0.25, -0.2) is 13.8 Å². The van der Waals surface area contributed by atoms with Crippen molar-refractivity contribution in [1.82, 2.24) is 9.55 Å². The summed E-state index contributed by atoms with van der Waals surface area (Å²) in [5.41, 5.74) is 4.20. The number of halogens is 3. The van der Waals surface area contributed by atoms with Gasteiger partial charge in [0, 0.05) is 13.0 Å². The maximum atomic E-state index is 13.0. The minimum absolute atomic E-state index is 0.0755. The van der Waals surface area contributed by atoms with E-state index in [1.807, 2.05) is 6.92 Å². The van der Waals surface area contributed by atoms with Crippen LogP contribution < -0.4 is 5.73 Å². The Balaban J connectivity index is 2.47. The highest BCUT2D eigenvalue weighted by atomic mass is 35.5. The molecule has 1 saturated carbocycles. The fourth-order valence-corrected chi connectivity index (χ4v) is 1.92. The Kier molecular flexibility index (Phi) is 1.88. The van der Waals surface area contributed by atoms with E-state index >= 15 is 0 Å². The van der Waals surface area contributed by atoms with Crippen molar-refractivity contribution in [3.8, 4) is 0 Å². The average molecular weight is 222 g/mol. The van der Waals surface area contributed by atoms with Gasteiger partial charge in [0.05, 0.1) is 12.0 Å². The zero-order valence-corrected chi connectivity index (χ0v) is 8.35. The number of nitrogens with two attached hydrogens (primary N) is 1. The Morgan fingerprint density at radius 2 is 2.29 bits per heavy atom. The number of alkyl halides is 2. The van der Waals surface area contributed by atoms with Crippen molar-refractivity contribution in [3.05, 3.63) is 17.2 Å². The quantitative estimate of drug-likeness (QED) is 0.827. The molecule has 1 fully saturated rings. The topological polar surface area (TPSA) is 43.8 Å². The maximum absolute atomic E-state index is 13.0. The van der Waals surface area contributed by atoms with Crippen molar-refractivity contribution in [2.24, 2.45) is 5.73 Å². The van der Waals surface area contributed by atoms with Crippen molar-refractivity contribution < 1.29 is 8.78 Å². The van der Waals surface area contributed by atoms with E-state index in [1.165, 1.54) is 6.33 Å². The van der Waals surface area contributed by atoms with E-state index < -0.39 is 11.5 Å². The summed E-state index contributed by atoms with van der Waals surface area (Å²) >= 11 is 5.73. The smallest absolute Gasteiger partial charge is 0.273 e. The molecule has 6 heteroatoms. The molecule has 2 N–H and O–H groups in total. The zero-order valence-electron chi connectivity index (χ0n) is 7.60. The lowest BCUT2D eigenvalue weighted by atomic mass is 10.2. The third-order valence-electron chi connectivity index (χ3n) is 2.58. The molecule has 14 heavy (non-hydrogen) atoms. The van der Waals surface area contributed by atoms with Crippen LogP contribution in [0, 0.1) is 0 Å². The standard InChI is InChI=1S/C8H10ClF2N3/c1-2-14-4-13-6(9)5(14)7(12)3-8(7,10)11/h4H,2-3,12H2,1H3. The molecule has 0 aromatic carbocycles. The highest BCUT2D eigenvalue weighted by Crippen LogP contribution is 2.58. The van der Waals surface area contributed by atoms with Crippen LogP contribution in [0.25, 0.3) is 0 Å². The first-order valence-electron chi connectivity index (χ1n) is 4.30. The Morgan fingerprint density at radius 3 is 2.71 bits per heavy atom. The molecule has 0 spiro atoms. The van der Waals surface area contributed by atoms with Crippen LogP contribution >= 0.6 is 11.6 Å². The van der Waals surface area contributed by atoms with E-state index in [9.17, 15) is 8.78 Å². The predicted molar refractivity (Wildman–Crippen MR) is 48.3 cm³/mol. The minimum Gasteiger partial charge on any atom is -0.332 e. The summed E-state index contributed by atoms with van der Waals surface area (Å²) in [7, 11) is 0. The molecule has 0 aliphatic heterocycles. The summed E-state index contributed by atoms with van der Waals surface area (Å²) in [6.07, 6.45) is 1.08. The van der Waals surface area contributed by atoms with Gasteiger partial charge in [0.15, 0.2) is 5.15 Å². The van der Waals surface area contributed by atoms with Crippen LogP contribution in [-0.2, 0) is 12.1 Å². The molecule has 78 valence electrons. The molecule has 3 nitrogen and oxygen atoms in total. The van der Waals surface area contributed by atoms with Crippen molar-refractivity contribution in [1.29, 1.82) is 0 Å². The monoisotopic (exact) mass is 221 g/mol. The molecular formula is C8H10ClF2N3. The molecule has 1 aliphatic rings. The number of rotatable bonds is 2. The van der Waals surface area contributed by atoms with Crippen molar-refractivity contribution in [2.75, 3.05) is 0 Å². The van der Waals surface area contributed by atoms with Crippen LogP contribution in [0.15, 0.2) is 6.33 Å². The van der Waals surface area contributed by atoms with Crippen LogP contribution in [0.1, 0.15) is 19.0 Å². The molecule has 1 aromatic rings. The van der Waals surface area contributed by atoms with E-state index in [2.05, 4.69) is 4.98 Å². The number of nitrogens with zero attached hydrogens (tertiary/aromatic N) is 2. The first kappa shape index (κ1) is 9.86. The Labute approximate surface area is 84.9 Å². The molecule has 0 bridgehead atoms. The largest absolute Gasteiger partial charge is 0.332 e. The van der Waals surface area contributed by atoms with Crippen molar-refractivity contribution >= 4 is 11.6 Å². The molecule has 0 amide bonds. The fraction of sp³-hybridized carbons (Fsp3) is 0.625. The van der Waals surface area contributed by atoms with Gasteiger partial charge in [0.2, 0.25) is 0 Å². The third-order valence-corrected chi connectivity index (χ3v) is 2.86. The summed E-state index contributed by atoms with van der Waals surface area (Å²) < 4.78 is 27.6. The predicted octanol–water partition coefficient (Wildman–Crippen LogP) is 1.75. The van der Waals surface area contributed by atoms with Gasteiger partial charge in [-0.15, -0.1) is 0 Å². The fourth-order valence-electron chi connectivity index (χ4n) is 1.60. The molecule has 1 unspecified atom stereocenters. The van der Waals surface area contributed by atoms with Crippen LogP contribution in [0.4, 0.5) is 8.78 Å². The van der Waals surface area contributed by atoms with E-state index in [4.69, 9.17) is 17.3 Å². The van der Waals surface area contributed by atoms with Gasteiger partial charge in [-0.1, -0.05) is 11.6 Å². The maximum Gasteiger partial charge on any atom is 0.273 e. The number of aryl methyl sites for hydroxylation is 1. The molecular weight excluding hydrogens is 212 g/mol. The van der Waals surface area contributed by atoms with E-state index in [0.29, 0.717) is 6.54 Å². The molecule has 0 saturated heterocycles. The van der Waals surface area contributed by atoms with Crippen LogP contribution in [0.5, 0.6) is 0 Å². The molecule has 1 atom stereocenters. The van der Waals surface area contributed by atoms with Crippen molar-refractivity contribution in [2.45, 2.75) is 31.4 Å². The van der Waals surface area contributed by atoms with Crippen LogP contribution in [-0.4, -0.2) is 15.5 Å². The highest BCUT2D eigenvalue weighted by Gasteiger charge is 2.72. The summed E-state index contributed by atoms with van der Waals surface area (Å²) in [6.45, 7) is 2.36. The molecule has 2 rings (SSSR count). The molecule has 1 heterocycles. The zero-order chi connectivity index (χ0) is 10.6. The SMILES string of the molecule is CCn1cnc(Cl)c1C1(N)CC1(F)F. The second-order valence-corrected chi connectivity index (χ2v) is 3.88. The van der Waals surface area contributed by atoms with Gasteiger partial charge in [-0.2, -0.15) is 0 Å². The van der Waals surface area contributed by atoms with E-state index in [1.54, 1.807) is 4.57 Å².